The van der Waals surface area contributed by atoms with Crippen LogP contribution in [0.1, 0.15) is 15.9 Å². The predicted octanol–water partition coefficient (Wildman–Crippen LogP) is 0.471. The number of carbonyl (C=O) groups is 2. The standard InChI is InChI=1S/C14H17FN2O4/c1-16-13(18)12-8-21-5-4-17(12)7-9-2-3-10(14(19)20)11(15)6-9/h2-3,6,12H,4-5,7-8H2,1H3,(H,16,18)(H,19,20). The molecule has 1 amide bonds. The minimum Gasteiger partial charge on any atom is -0.478 e. The van der Waals surface area contributed by atoms with Crippen LogP contribution in [-0.2, 0) is 16.1 Å². The lowest BCUT2D eigenvalue weighted by molar-refractivity contribution is -0.132. The van der Waals surface area contributed by atoms with E-state index in [0.29, 0.717) is 25.3 Å². The van der Waals surface area contributed by atoms with Gasteiger partial charge in [-0.15, -0.1) is 0 Å². The molecule has 1 unspecified atom stereocenters. The second-order valence-electron chi connectivity index (χ2n) is 4.79. The monoisotopic (exact) mass is 296 g/mol. The van der Waals surface area contributed by atoms with Crippen LogP contribution in [0, 0.1) is 5.82 Å². The van der Waals surface area contributed by atoms with Gasteiger partial charge in [0.1, 0.15) is 11.9 Å². The van der Waals surface area contributed by atoms with Gasteiger partial charge in [0.2, 0.25) is 5.91 Å². The number of ether oxygens (including phenoxy) is 1. The van der Waals surface area contributed by atoms with Gasteiger partial charge >= 0.3 is 5.97 Å². The first-order valence-corrected chi connectivity index (χ1v) is 6.58. The summed E-state index contributed by atoms with van der Waals surface area (Å²) in [4.78, 5) is 24.5. The summed E-state index contributed by atoms with van der Waals surface area (Å²) in [7, 11) is 1.55. The number of nitrogens with zero attached hydrogens (tertiary/aromatic N) is 1. The topological polar surface area (TPSA) is 78.9 Å². The number of rotatable bonds is 4. The third kappa shape index (κ3) is 3.56. The van der Waals surface area contributed by atoms with Crippen LogP contribution in [0.4, 0.5) is 4.39 Å². The maximum Gasteiger partial charge on any atom is 0.338 e. The average Bonchev–Trinajstić information content (AvgIpc) is 2.46. The highest BCUT2D eigenvalue weighted by Gasteiger charge is 2.28. The lowest BCUT2D eigenvalue weighted by Gasteiger charge is -2.34. The quantitative estimate of drug-likeness (QED) is 0.844. The largest absolute Gasteiger partial charge is 0.478 e. The Kier molecular flexibility index (Phi) is 4.87. The molecular weight excluding hydrogens is 279 g/mol. The molecule has 7 heteroatoms. The molecule has 1 atom stereocenters. The fraction of sp³-hybridized carbons (Fsp3) is 0.429. The van der Waals surface area contributed by atoms with Gasteiger partial charge in [0.15, 0.2) is 0 Å². The number of carbonyl (C=O) groups excluding carboxylic acids is 1. The summed E-state index contributed by atoms with van der Waals surface area (Å²) >= 11 is 0. The third-order valence-corrected chi connectivity index (χ3v) is 3.44. The lowest BCUT2D eigenvalue weighted by Crippen LogP contribution is -2.52. The minimum absolute atomic E-state index is 0.155. The third-order valence-electron chi connectivity index (χ3n) is 3.44. The van der Waals surface area contributed by atoms with Gasteiger partial charge in [-0.05, 0) is 17.7 Å². The summed E-state index contributed by atoms with van der Waals surface area (Å²) in [6.07, 6.45) is 0. The predicted molar refractivity (Wildman–Crippen MR) is 72.4 cm³/mol. The molecule has 1 aliphatic rings. The van der Waals surface area contributed by atoms with E-state index in [0.717, 1.165) is 0 Å². The van der Waals surface area contributed by atoms with Crippen molar-refractivity contribution in [1.82, 2.24) is 10.2 Å². The van der Waals surface area contributed by atoms with Crippen molar-refractivity contribution in [1.29, 1.82) is 0 Å². The number of nitrogens with one attached hydrogen (secondary N) is 1. The Balaban J connectivity index is 2.14. The molecule has 1 saturated heterocycles. The molecule has 21 heavy (non-hydrogen) atoms. The summed E-state index contributed by atoms with van der Waals surface area (Å²) < 4.78 is 19.0. The average molecular weight is 296 g/mol. The Labute approximate surface area is 121 Å². The van der Waals surface area contributed by atoms with Gasteiger partial charge in [-0.1, -0.05) is 6.07 Å². The molecule has 114 valence electrons. The van der Waals surface area contributed by atoms with E-state index >= 15 is 0 Å². The number of hydrogen-bond acceptors (Lipinski definition) is 4. The van der Waals surface area contributed by atoms with Gasteiger partial charge in [0.25, 0.3) is 0 Å². The van der Waals surface area contributed by atoms with Gasteiger partial charge in [-0.2, -0.15) is 0 Å². The smallest absolute Gasteiger partial charge is 0.338 e. The Bertz CT molecular complexity index is 550. The van der Waals surface area contributed by atoms with Crippen LogP contribution in [0.2, 0.25) is 0 Å². The van der Waals surface area contributed by atoms with E-state index in [1.807, 2.05) is 4.90 Å². The minimum atomic E-state index is -1.30. The Morgan fingerprint density at radius 2 is 2.29 bits per heavy atom. The molecule has 0 aromatic heterocycles. The summed E-state index contributed by atoms with van der Waals surface area (Å²) in [5.41, 5.74) is 0.261. The molecule has 1 heterocycles. The van der Waals surface area contributed by atoms with Gasteiger partial charge in [0.05, 0.1) is 18.8 Å². The number of halogens is 1. The first kappa shape index (κ1) is 15.4. The number of benzene rings is 1. The molecule has 0 bridgehead atoms. The maximum atomic E-state index is 13.7. The van der Waals surface area contributed by atoms with Crippen LogP contribution >= 0.6 is 0 Å². The molecule has 1 fully saturated rings. The number of hydrogen-bond donors (Lipinski definition) is 2. The Morgan fingerprint density at radius 1 is 1.52 bits per heavy atom. The van der Waals surface area contributed by atoms with Gasteiger partial charge in [-0.3, -0.25) is 9.69 Å². The van der Waals surface area contributed by atoms with Crippen molar-refractivity contribution in [3.05, 3.63) is 35.1 Å². The summed E-state index contributed by atoms with van der Waals surface area (Å²) in [6.45, 7) is 1.71. The fourth-order valence-corrected chi connectivity index (χ4v) is 2.30. The highest BCUT2D eigenvalue weighted by Crippen LogP contribution is 2.16. The van der Waals surface area contributed by atoms with Crippen molar-refractivity contribution in [2.24, 2.45) is 0 Å². The van der Waals surface area contributed by atoms with Crippen molar-refractivity contribution < 1.29 is 23.8 Å². The molecule has 2 rings (SSSR count). The van der Waals surface area contributed by atoms with Crippen LogP contribution in [0.25, 0.3) is 0 Å². The first-order chi connectivity index (χ1) is 10.0. The summed E-state index contributed by atoms with van der Waals surface area (Å²) in [6, 6.07) is 3.57. The first-order valence-electron chi connectivity index (χ1n) is 6.58. The van der Waals surface area contributed by atoms with Crippen molar-refractivity contribution in [2.75, 3.05) is 26.8 Å². The molecule has 1 aliphatic heterocycles. The Morgan fingerprint density at radius 3 is 2.90 bits per heavy atom. The van der Waals surface area contributed by atoms with Crippen molar-refractivity contribution in [3.63, 3.8) is 0 Å². The van der Waals surface area contributed by atoms with E-state index in [4.69, 9.17) is 9.84 Å². The lowest BCUT2D eigenvalue weighted by atomic mass is 10.1. The molecule has 1 aromatic rings. The normalized spacial score (nSPS) is 19.2. The van der Waals surface area contributed by atoms with Gasteiger partial charge in [-0.25, -0.2) is 9.18 Å². The zero-order chi connectivity index (χ0) is 15.4. The second-order valence-corrected chi connectivity index (χ2v) is 4.79. The highest BCUT2D eigenvalue weighted by molar-refractivity contribution is 5.87. The van der Waals surface area contributed by atoms with Gasteiger partial charge < -0.3 is 15.2 Å². The van der Waals surface area contributed by atoms with Crippen molar-refractivity contribution in [2.45, 2.75) is 12.6 Å². The Hall–Kier alpha value is -1.99. The fourth-order valence-electron chi connectivity index (χ4n) is 2.30. The number of morpholine rings is 1. The molecule has 0 radical (unpaired) electrons. The van der Waals surface area contributed by atoms with E-state index in [1.165, 1.54) is 12.1 Å². The molecule has 1 aromatic carbocycles. The highest BCUT2D eigenvalue weighted by atomic mass is 19.1. The summed E-state index contributed by atoms with van der Waals surface area (Å²) in [5.74, 6) is -2.23. The second kappa shape index (κ2) is 6.64. The van der Waals surface area contributed by atoms with Crippen LogP contribution in [-0.4, -0.2) is 54.7 Å². The molecule has 6 nitrogen and oxygen atoms in total. The molecular formula is C14H17FN2O4. The maximum absolute atomic E-state index is 13.7. The zero-order valence-corrected chi connectivity index (χ0v) is 11.6. The van der Waals surface area contributed by atoms with Crippen molar-refractivity contribution in [3.8, 4) is 0 Å². The van der Waals surface area contributed by atoms with Crippen LogP contribution < -0.4 is 5.32 Å². The zero-order valence-electron chi connectivity index (χ0n) is 11.6. The van der Waals surface area contributed by atoms with Crippen LogP contribution in [0.3, 0.4) is 0 Å². The van der Waals surface area contributed by atoms with Crippen molar-refractivity contribution >= 4 is 11.9 Å². The van der Waals surface area contributed by atoms with E-state index in [9.17, 15) is 14.0 Å². The molecule has 2 N–H and O–H groups in total. The SMILES string of the molecule is CNC(=O)C1COCCN1Cc1ccc(C(=O)O)c(F)c1. The molecule has 0 spiro atoms. The van der Waals surface area contributed by atoms with E-state index in [2.05, 4.69) is 5.32 Å². The van der Waals surface area contributed by atoms with E-state index < -0.39 is 17.8 Å². The number of aromatic carboxylic acids is 1. The molecule has 0 aliphatic carbocycles. The summed E-state index contributed by atoms with van der Waals surface area (Å²) in [5, 5.41) is 11.4. The van der Waals surface area contributed by atoms with E-state index in [1.54, 1.807) is 13.1 Å². The number of carboxylic acids is 1. The van der Waals surface area contributed by atoms with E-state index in [-0.39, 0.29) is 18.1 Å². The number of likely N-dealkylation sites (N-methyl/N-ethyl adjacent to an activating group) is 1. The molecule has 0 saturated carbocycles. The number of carboxylic acid groups (broad SMARTS) is 1. The van der Waals surface area contributed by atoms with Crippen LogP contribution in [0.15, 0.2) is 18.2 Å². The van der Waals surface area contributed by atoms with Gasteiger partial charge in [0, 0.05) is 20.1 Å². The number of amides is 1. The van der Waals surface area contributed by atoms with Crippen LogP contribution in [0.5, 0.6) is 0 Å².